The van der Waals surface area contributed by atoms with Crippen molar-refractivity contribution in [1.29, 1.82) is 0 Å². The molecule has 4 atom stereocenters. The minimum absolute atomic E-state index is 0.271. The smallest absolute Gasteiger partial charge is 0.326 e. The van der Waals surface area contributed by atoms with Crippen LogP contribution in [-0.2, 0) is 28.8 Å². The van der Waals surface area contributed by atoms with Gasteiger partial charge in [-0.1, -0.05) is 0 Å². The molecule has 4 unspecified atom stereocenters. The molecule has 0 bridgehead atoms. The van der Waals surface area contributed by atoms with Gasteiger partial charge in [-0.25, -0.2) is 4.79 Å². The average Bonchev–Trinajstić information content (AvgIpc) is 3.12. The Bertz CT molecular complexity index is 711. The van der Waals surface area contributed by atoms with Crippen LogP contribution in [0.15, 0.2) is 0 Å². The maximum absolute atomic E-state index is 12.7. The molecule has 0 aromatic carbocycles. The lowest BCUT2D eigenvalue weighted by molar-refractivity contribution is -0.143. The summed E-state index contributed by atoms with van der Waals surface area (Å²) in [5, 5.41) is 13.7. The third-order valence-electron chi connectivity index (χ3n) is 4.56. The van der Waals surface area contributed by atoms with Gasteiger partial charge >= 0.3 is 5.97 Å². The van der Waals surface area contributed by atoms with E-state index in [1.807, 2.05) is 0 Å². The Morgan fingerprint density at radius 1 is 1.07 bits per heavy atom. The number of nitrogens with one attached hydrogen (secondary N) is 2. The van der Waals surface area contributed by atoms with Crippen molar-refractivity contribution in [2.75, 3.05) is 6.54 Å². The first-order chi connectivity index (χ1) is 13.9. The summed E-state index contributed by atoms with van der Waals surface area (Å²) < 4.78 is 0. The van der Waals surface area contributed by atoms with Gasteiger partial charge in [0.2, 0.25) is 29.5 Å². The molecule has 0 aliphatic carbocycles. The molecule has 30 heavy (non-hydrogen) atoms. The zero-order valence-corrected chi connectivity index (χ0v) is 16.6. The second kappa shape index (κ2) is 11.1. The molecule has 1 rings (SSSR count). The molecule has 1 saturated heterocycles. The van der Waals surface area contributed by atoms with E-state index >= 15 is 0 Å². The Hall–Kier alpha value is -3.22. The lowest BCUT2D eigenvalue weighted by Gasteiger charge is -2.27. The SMILES string of the molecule is CC(N)C(=O)N1CCCC1C(=O)NC(CC(N)=O)C(=O)NC(CCC(N)=O)C(=O)O. The molecule has 1 aliphatic heterocycles. The first kappa shape index (κ1) is 24.8. The van der Waals surface area contributed by atoms with E-state index < -0.39 is 66.1 Å². The van der Waals surface area contributed by atoms with Crippen LogP contribution in [-0.4, -0.2) is 76.2 Å². The van der Waals surface area contributed by atoms with Crippen molar-refractivity contribution in [2.45, 2.75) is 63.2 Å². The number of likely N-dealkylation sites (tertiary alicyclic amines) is 1. The maximum atomic E-state index is 12.7. The van der Waals surface area contributed by atoms with Crippen LogP contribution in [0.1, 0.15) is 39.0 Å². The number of rotatable bonds is 11. The minimum Gasteiger partial charge on any atom is -0.480 e. The lowest BCUT2D eigenvalue weighted by atomic mass is 10.1. The summed E-state index contributed by atoms with van der Waals surface area (Å²) in [6.07, 6.45) is -0.260. The van der Waals surface area contributed by atoms with Crippen molar-refractivity contribution in [1.82, 2.24) is 15.5 Å². The van der Waals surface area contributed by atoms with Gasteiger partial charge in [0.15, 0.2) is 0 Å². The predicted octanol–water partition coefficient (Wildman–Crippen LogP) is -3.48. The van der Waals surface area contributed by atoms with Gasteiger partial charge < -0.3 is 37.8 Å². The first-order valence-electron chi connectivity index (χ1n) is 9.40. The highest BCUT2D eigenvalue weighted by Crippen LogP contribution is 2.18. The second-order valence-corrected chi connectivity index (χ2v) is 7.11. The van der Waals surface area contributed by atoms with Gasteiger partial charge in [-0.15, -0.1) is 0 Å². The summed E-state index contributed by atoms with van der Waals surface area (Å²) in [6.45, 7) is 1.80. The molecule has 0 aromatic rings. The average molecular weight is 428 g/mol. The second-order valence-electron chi connectivity index (χ2n) is 7.11. The maximum Gasteiger partial charge on any atom is 0.326 e. The standard InChI is InChI=1S/C17H28N6O7/c1-8(18)16(28)23-6-2-3-11(23)15(27)22-10(7-13(20)25)14(26)21-9(17(29)30)4-5-12(19)24/h8-11H,2-7,18H2,1H3,(H2,19,24)(H2,20,25)(H,21,26)(H,22,27)(H,29,30). The van der Waals surface area contributed by atoms with Gasteiger partial charge in [0.1, 0.15) is 18.1 Å². The number of amides is 5. The number of primary amides is 2. The summed E-state index contributed by atoms with van der Waals surface area (Å²) in [6, 6.07) is -4.61. The van der Waals surface area contributed by atoms with Gasteiger partial charge in [-0.3, -0.25) is 24.0 Å². The van der Waals surface area contributed by atoms with Gasteiger partial charge in [0, 0.05) is 13.0 Å². The number of hydrogen-bond acceptors (Lipinski definition) is 7. The van der Waals surface area contributed by atoms with Crippen LogP contribution in [0.25, 0.3) is 0 Å². The summed E-state index contributed by atoms with van der Waals surface area (Å²) in [4.78, 5) is 72.1. The highest BCUT2D eigenvalue weighted by atomic mass is 16.4. The summed E-state index contributed by atoms with van der Waals surface area (Å²) in [7, 11) is 0. The van der Waals surface area contributed by atoms with Crippen LogP contribution >= 0.6 is 0 Å². The van der Waals surface area contributed by atoms with Crippen molar-refractivity contribution >= 4 is 35.5 Å². The molecule has 0 radical (unpaired) electrons. The minimum atomic E-state index is -1.46. The lowest BCUT2D eigenvalue weighted by Crippen LogP contribution is -2.57. The van der Waals surface area contributed by atoms with Gasteiger partial charge in [0.25, 0.3) is 0 Å². The van der Waals surface area contributed by atoms with E-state index in [1.165, 1.54) is 11.8 Å². The number of carbonyl (C=O) groups excluding carboxylic acids is 5. The van der Waals surface area contributed by atoms with E-state index in [4.69, 9.17) is 17.2 Å². The largest absolute Gasteiger partial charge is 0.480 e. The molecule has 1 aliphatic rings. The topological polar surface area (TPSA) is 228 Å². The van der Waals surface area contributed by atoms with Crippen molar-refractivity contribution in [2.24, 2.45) is 17.2 Å². The van der Waals surface area contributed by atoms with Crippen LogP contribution in [0.2, 0.25) is 0 Å². The summed E-state index contributed by atoms with van der Waals surface area (Å²) in [5.41, 5.74) is 15.7. The fourth-order valence-corrected chi connectivity index (χ4v) is 3.06. The molecule has 0 aromatic heterocycles. The van der Waals surface area contributed by atoms with Gasteiger partial charge in [0.05, 0.1) is 12.5 Å². The number of carbonyl (C=O) groups is 6. The number of aliphatic carboxylic acids is 1. The number of hydrogen-bond donors (Lipinski definition) is 6. The number of nitrogens with zero attached hydrogens (tertiary/aromatic N) is 1. The van der Waals surface area contributed by atoms with Crippen LogP contribution in [0, 0.1) is 0 Å². The van der Waals surface area contributed by atoms with E-state index in [1.54, 1.807) is 0 Å². The first-order valence-corrected chi connectivity index (χ1v) is 9.40. The van der Waals surface area contributed by atoms with Crippen LogP contribution in [0.5, 0.6) is 0 Å². The van der Waals surface area contributed by atoms with Crippen molar-refractivity contribution in [3.05, 3.63) is 0 Å². The molecular weight excluding hydrogens is 400 g/mol. The Kier molecular flexibility index (Phi) is 9.17. The van der Waals surface area contributed by atoms with Crippen molar-refractivity contribution in [3.8, 4) is 0 Å². The molecule has 0 saturated carbocycles. The fraction of sp³-hybridized carbons (Fsp3) is 0.647. The Morgan fingerprint density at radius 3 is 2.20 bits per heavy atom. The summed E-state index contributed by atoms with van der Waals surface area (Å²) in [5.74, 6) is -5.17. The molecule has 13 heteroatoms. The predicted molar refractivity (Wildman–Crippen MR) is 102 cm³/mol. The van der Waals surface area contributed by atoms with Crippen molar-refractivity contribution < 1.29 is 33.9 Å². The zero-order valence-electron chi connectivity index (χ0n) is 16.6. The molecule has 1 fully saturated rings. The molecule has 5 amide bonds. The molecule has 9 N–H and O–H groups in total. The summed E-state index contributed by atoms with van der Waals surface area (Å²) >= 11 is 0. The van der Waals surface area contributed by atoms with E-state index in [2.05, 4.69) is 10.6 Å². The van der Waals surface area contributed by atoms with E-state index in [9.17, 15) is 33.9 Å². The van der Waals surface area contributed by atoms with Gasteiger partial charge in [-0.05, 0) is 26.2 Å². The monoisotopic (exact) mass is 428 g/mol. The van der Waals surface area contributed by atoms with Crippen LogP contribution in [0.4, 0.5) is 0 Å². The molecular formula is C17H28N6O7. The molecule has 168 valence electrons. The molecule has 1 heterocycles. The Balaban J connectivity index is 2.89. The van der Waals surface area contributed by atoms with E-state index in [0.717, 1.165) is 0 Å². The van der Waals surface area contributed by atoms with E-state index in [-0.39, 0.29) is 12.8 Å². The van der Waals surface area contributed by atoms with E-state index in [0.29, 0.717) is 19.4 Å². The van der Waals surface area contributed by atoms with Gasteiger partial charge in [-0.2, -0.15) is 0 Å². The quantitative estimate of drug-likeness (QED) is 0.193. The number of carboxylic acids is 1. The highest BCUT2D eigenvalue weighted by molar-refractivity contribution is 5.96. The molecule has 0 spiro atoms. The molecule has 13 nitrogen and oxygen atoms in total. The van der Waals surface area contributed by atoms with Crippen molar-refractivity contribution in [3.63, 3.8) is 0 Å². The fourth-order valence-electron chi connectivity index (χ4n) is 3.06. The van der Waals surface area contributed by atoms with Crippen LogP contribution < -0.4 is 27.8 Å². The highest BCUT2D eigenvalue weighted by Gasteiger charge is 2.37. The van der Waals surface area contributed by atoms with Crippen LogP contribution in [0.3, 0.4) is 0 Å². The Morgan fingerprint density at radius 2 is 1.70 bits per heavy atom. The third-order valence-corrected chi connectivity index (χ3v) is 4.56. The normalized spacial score (nSPS) is 18.7. The Labute approximate surface area is 172 Å². The third kappa shape index (κ3) is 7.31. The number of carboxylic acid groups (broad SMARTS) is 1. The number of nitrogens with two attached hydrogens (primary N) is 3. The zero-order chi connectivity index (χ0) is 23.0.